The summed E-state index contributed by atoms with van der Waals surface area (Å²) in [4.78, 5) is 14.5. The summed E-state index contributed by atoms with van der Waals surface area (Å²) in [5.41, 5.74) is 2.16. The van der Waals surface area contributed by atoms with Crippen LogP contribution in [0.3, 0.4) is 0 Å². The van der Waals surface area contributed by atoms with E-state index in [1.54, 1.807) is 13.3 Å². The first-order chi connectivity index (χ1) is 11.2. The third-order valence-electron chi connectivity index (χ3n) is 4.18. The fourth-order valence-corrected chi connectivity index (χ4v) is 2.94. The van der Waals surface area contributed by atoms with Gasteiger partial charge in [-0.3, -0.25) is 9.48 Å². The van der Waals surface area contributed by atoms with Crippen molar-refractivity contribution in [1.82, 2.24) is 14.7 Å². The van der Waals surface area contributed by atoms with Gasteiger partial charge in [-0.2, -0.15) is 5.10 Å². The van der Waals surface area contributed by atoms with Gasteiger partial charge in [-0.25, -0.2) is 0 Å². The summed E-state index contributed by atoms with van der Waals surface area (Å²) in [7, 11) is 1.68. The Labute approximate surface area is 140 Å². The number of rotatable bonds is 4. The number of aryl methyl sites for hydroxylation is 1. The van der Waals surface area contributed by atoms with E-state index in [-0.39, 0.29) is 12.0 Å². The van der Waals surface area contributed by atoms with Gasteiger partial charge < -0.3 is 9.64 Å². The first-order valence-electron chi connectivity index (χ1n) is 7.71. The van der Waals surface area contributed by atoms with Crippen LogP contribution in [0.4, 0.5) is 0 Å². The highest BCUT2D eigenvalue weighted by Gasteiger charge is 2.25. The van der Waals surface area contributed by atoms with Crippen LogP contribution in [0.2, 0.25) is 5.02 Å². The minimum Gasteiger partial charge on any atom is -0.378 e. The Morgan fingerprint density at radius 1 is 1.30 bits per heavy atom. The lowest BCUT2D eigenvalue weighted by atomic mass is 10.1. The van der Waals surface area contributed by atoms with Crippen molar-refractivity contribution in [2.75, 3.05) is 13.7 Å². The molecule has 1 aliphatic heterocycles. The zero-order valence-electron chi connectivity index (χ0n) is 13.1. The van der Waals surface area contributed by atoms with Crippen LogP contribution < -0.4 is 0 Å². The molecule has 0 saturated carbocycles. The molecule has 3 rings (SSSR count). The highest BCUT2D eigenvalue weighted by molar-refractivity contribution is 6.30. The smallest absolute Gasteiger partial charge is 0.223 e. The Kier molecular flexibility index (Phi) is 4.98. The van der Waals surface area contributed by atoms with Crippen molar-refractivity contribution in [2.45, 2.75) is 32.0 Å². The summed E-state index contributed by atoms with van der Waals surface area (Å²) in [5.74, 6) is 0.136. The lowest BCUT2D eigenvalue weighted by Gasteiger charge is -2.23. The summed E-state index contributed by atoms with van der Waals surface area (Å²) < 4.78 is 7.40. The van der Waals surface area contributed by atoms with Gasteiger partial charge in [0.2, 0.25) is 5.91 Å². The molecule has 5 nitrogen and oxygen atoms in total. The van der Waals surface area contributed by atoms with Crippen LogP contribution in [0.5, 0.6) is 0 Å². The van der Waals surface area contributed by atoms with E-state index in [0.29, 0.717) is 37.5 Å². The first kappa shape index (κ1) is 16.0. The summed E-state index contributed by atoms with van der Waals surface area (Å²) >= 11 is 5.89. The fraction of sp³-hybridized carbons (Fsp3) is 0.412. The molecule has 2 heterocycles. The van der Waals surface area contributed by atoms with Crippen LogP contribution in [0.25, 0.3) is 0 Å². The van der Waals surface area contributed by atoms with Gasteiger partial charge in [0.05, 0.1) is 24.9 Å². The van der Waals surface area contributed by atoms with Gasteiger partial charge >= 0.3 is 0 Å². The number of hydrogen-bond acceptors (Lipinski definition) is 3. The number of ether oxygens (including phenoxy) is 1. The van der Waals surface area contributed by atoms with E-state index in [0.717, 1.165) is 11.3 Å². The predicted molar refractivity (Wildman–Crippen MR) is 88.2 cm³/mol. The van der Waals surface area contributed by atoms with Crippen LogP contribution in [0, 0.1) is 0 Å². The second-order valence-electron chi connectivity index (χ2n) is 5.76. The highest BCUT2D eigenvalue weighted by Crippen LogP contribution is 2.16. The van der Waals surface area contributed by atoms with Crippen molar-refractivity contribution in [3.8, 4) is 0 Å². The Morgan fingerprint density at radius 3 is 2.83 bits per heavy atom. The number of aromatic nitrogens is 2. The number of fused-ring (bicyclic) bond motifs is 1. The summed E-state index contributed by atoms with van der Waals surface area (Å²) in [6.07, 6.45) is 2.93. The summed E-state index contributed by atoms with van der Waals surface area (Å²) in [6, 6.07) is 9.59. The van der Waals surface area contributed by atoms with E-state index in [9.17, 15) is 4.79 Å². The molecule has 122 valence electrons. The topological polar surface area (TPSA) is 47.4 Å². The molecule has 1 unspecified atom stereocenters. The molecular formula is C17H20ClN3O2. The largest absolute Gasteiger partial charge is 0.378 e. The number of benzene rings is 1. The third-order valence-corrected chi connectivity index (χ3v) is 4.44. The Hall–Kier alpha value is -1.85. The molecule has 6 heteroatoms. The maximum Gasteiger partial charge on any atom is 0.223 e. The van der Waals surface area contributed by atoms with Crippen molar-refractivity contribution in [3.05, 3.63) is 52.8 Å². The van der Waals surface area contributed by atoms with Gasteiger partial charge in [-0.1, -0.05) is 23.7 Å². The van der Waals surface area contributed by atoms with Crippen molar-refractivity contribution < 1.29 is 9.53 Å². The number of methoxy groups -OCH3 is 1. The van der Waals surface area contributed by atoms with Crippen molar-refractivity contribution >= 4 is 17.5 Å². The molecule has 0 radical (unpaired) electrons. The molecule has 1 aliphatic rings. The number of amides is 1. The fourth-order valence-electron chi connectivity index (χ4n) is 2.81. The van der Waals surface area contributed by atoms with Gasteiger partial charge in [-0.05, 0) is 30.2 Å². The molecular weight excluding hydrogens is 314 g/mol. The molecule has 1 aromatic heterocycles. The van der Waals surface area contributed by atoms with E-state index >= 15 is 0 Å². The Balaban J connectivity index is 1.65. The summed E-state index contributed by atoms with van der Waals surface area (Å²) in [6.45, 7) is 1.86. The maximum atomic E-state index is 12.6. The molecule has 0 aliphatic carbocycles. The van der Waals surface area contributed by atoms with Crippen molar-refractivity contribution in [2.24, 2.45) is 0 Å². The lowest BCUT2D eigenvalue weighted by Crippen LogP contribution is -2.37. The normalized spacial score (nSPS) is 17.7. The second kappa shape index (κ2) is 7.15. The molecule has 0 fully saturated rings. The van der Waals surface area contributed by atoms with Crippen LogP contribution in [-0.2, 0) is 29.0 Å². The molecule has 2 aromatic rings. The monoisotopic (exact) mass is 333 g/mol. The number of halogens is 1. The van der Waals surface area contributed by atoms with E-state index in [4.69, 9.17) is 16.3 Å². The zero-order valence-corrected chi connectivity index (χ0v) is 13.9. The highest BCUT2D eigenvalue weighted by atomic mass is 35.5. The molecule has 23 heavy (non-hydrogen) atoms. The SMILES string of the molecule is COC1CN(C(=O)CCc2ccc(Cl)cc2)Cc2ccnn2C1. The standard InChI is InChI=1S/C17H20ClN3O2/c1-23-16-11-20(10-15-8-9-19-21(15)12-16)17(22)7-4-13-2-5-14(18)6-3-13/h2-3,5-6,8-9,16H,4,7,10-12H2,1H3. The molecule has 0 saturated heterocycles. The van der Waals surface area contributed by atoms with Gasteiger partial charge in [0.15, 0.2) is 0 Å². The van der Waals surface area contributed by atoms with E-state index < -0.39 is 0 Å². The van der Waals surface area contributed by atoms with Gasteiger partial charge in [0.25, 0.3) is 0 Å². The molecule has 1 atom stereocenters. The van der Waals surface area contributed by atoms with Crippen LogP contribution in [0.15, 0.2) is 36.5 Å². The average molecular weight is 334 g/mol. The molecule has 0 N–H and O–H groups in total. The Morgan fingerprint density at radius 2 is 2.09 bits per heavy atom. The van der Waals surface area contributed by atoms with Crippen molar-refractivity contribution in [1.29, 1.82) is 0 Å². The molecule has 0 spiro atoms. The van der Waals surface area contributed by atoms with E-state index in [2.05, 4.69) is 5.10 Å². The minimum atomic E-state index is -0.0318. The van der Waals surface area contributed by atoms with Crippen molar-refractivity contribution in [3.63, 3.8) is 0 Å². The molecule has 1 aromatic carbocycles. The zero-order chi connectivity index (χ0) is 16.2. The predicted octanol–water partition coefficient (Wildman–Crippen LogP) is 2.53. The lowest BCUT2D eigenvalue weighted by molar-refractivity contribution is -0.133. The Bertz CT molecular complexity index is 669. The van der Waals surface area contributed by atoms with Gasteiger partial charge in [-0.15, -0.1) is 0 Å². The maximum absolute atomic E-state index is 12.6. The van der Waals surface area contributed by atoms with E-state index in [1.807, 2.05) is 39.9 Å². The molecule has 1 amide bonds. The van der Waals surface area contributed by atoms with Crippen LogP contribution >= 0.6 is 11.6 Å². The van der Waals surface area contributed by atoms with Gasteiger partial charge in [0.1, 0.15) is 0 Å². The summed E-state index contributed by atoms with van der Waals surface area (Å²) in [5, 5.41) is 5.01. The first-order valence-corrected chi connectivity index (χ1v) is 8.09. The number of hydrogen-bond donors (Lipinski definition) is 0. The number of carbonyl (C=O) groups excluding carboxylic acids is 1. The molecule has 0 bridgehead atoms. The van der Waals surface area contributed by atoms with E-state index in [1.165, 1.54) is 0 Å². The minimum absolute atomic E-state index is 0.0318. The average Bonchev–Trinajstić information content (AvgIpc) is 2.91. The van der Waals surface area contributed by atoms with Crippen LogP contribution in [0.1, 0.15) is 17.7 Å². The second-order valence-corrected chi connectivity index (χ2v) is 6.20. The van der Waals surface area contributed by atoms with Crippen LogP contribution in [-0.4, -0.2) is 40.3 Å². The quantitative estimate of drug-likeness (QED) is 0.863. The number of carbonyl (C=O) groups is 1. The number of nitrogens with zero attached hydrogens (tertiary/aromatic N) is 3. The van der Waals surface area contributed by atoms with Gasteiger partial charge in [0, 0.05) is 31.3 Å². The third kappa shape index (κ3) is 3.92.